The van der Waals surface area contributed by atoms with E-state index in [0.717, 1.165) is 6.42 Å². The number of hydrogen-bond donors (Lipinski definition) is 1. The van der Waals surface area contributed by atoms with Gasteiger partial charge in [-0.15, -0.1) is 0 Å². The first kappa shape index (κ1) is 13.9. The predicted octanol–water partition coefficient (Wildman–Crippen LogP) is 0.191. The molecule has 6 heteroatoms. The number of carboxylic acid groups (broad SMARTS) is 1. The van der Waals surface area contributed by atoms with Crippen LogP contribution in [0.25, 0.3) is 0 Å². The number of rotatable bonds is 5. The monoisotopic (exact) mass is 244 g/mol. The van der Waals surface area contributed by atoms with Crippen molar-refractivity contribution in [3.63, 3.8) is 0 Å². The van der Waals surface area contributed by atoms with Gasteiger partial charge in [-0.3, -0.25) is 4.79 Å². The molecule has 0 aliphatic carbocycles. The summed E-state index contributed by atoms with van der Waals surface area (Å²) >= 11 is 0. The van der Waals surface area contributed by atoms with Gasteiger partial charge in [0.15, 0.2) is 0 Å². The molecule has 0 aromatic rings. The number of carbonyl (C=O) groups excluding carboxylic acids is 1. The first-order valence-corrected chi connectivity index (χ1v) is 5.76. The lowest BCUT2D eigenvalue weighted by molar-refractivity contribution is -0.154. The molecule has 2 atom stereocenters. The zero-order chi connectivity index (χ0) is 13.0. The van der Waals surface area contributed by atoms with E-state index < -0.39 is 12.0 Å². The summed E-state index contributed by atoms with van der Waals surface area (Å²) < 4.78 is 0. The highest BCUT2D eigenvalue weighted by atomic mass is 16.7. The number of amides is 1. The Labute approximate surface area is 101 Å². The molecule has 0 saturated carbocycles. The van der Waals surface area contributed by atoms with Crippen LogP contribution in [0.2, 0.25) is 0 Å². The summed E-state index contributed by atoms with van der Waals surface area (Å²) in [6.07, 6.45) is 1.31. The molecular formula is C11H20N2O4. The van der Waals surface area contributed by atoms with Gasteiger partial charge < -0.3 is 14.8 Å². The lowest BCUT2D eigenvalue weighted by Gasteiger charge is -2.26. The molecule has 6 nitrogen and oxygen atoms in total. The van der Waals surface area contributed by atoms with Crippen molar-refractivity contribution >= 4 is 11.9 Å². The van der Waals surface area contributed by atoms with Gasteiger partial charge in [-0.25, -0.2) is 4.79 Å². The number of nitrogens with zero attached hydrogens (tertiary/aromatic N) is 2. The van der Waals surface area contributed by atoms with Crippen molar-refractivity contribution in [3.05, 3.63) is 0 Å². The second kappa shape index (κ2) is 5.97. The highest BCUT2D eigenvalue weighted by molar-refractivity contribution is 5.85. The molecule has 1 aliphatic heterocycles. The fourth-order valence-electron chi connectivity index (χ4n) is 2.11. The number of carboxylic acids is 1. The van der Waals surface area contributed by atoms with Gasteiger partial charge >= 0.3 is 5.97 Å². The minimum atomic E-state index is -0.914. The van der Waals surface area contributed by atoms with Gasteiger partial charge in [-0.05, 0) is 12.8 Å². The largest absolute Gasteiger partial charge is 0.480 e. The van der Waals surface area contributed by atoms with Crippen molar-refractivity contribution in [3.8, 4) is 0 Å². The number of carbonyl (C=O) groups is 2. The maximum atomic E-state index is 12.1. The maximum absolute atomic E-state index is 12.1. The molecule has 0 aromatic carbocycles. The zero-order valence-corrected chi connectivity index (χ0v) is 10.5. The molecule has 98 valence electrons. The molecule has 1 N–H and O–H groups in total. The Kier molecular flexibility index (Phi) is 4.89. The van der Waals surface area contributed by atoms with Crippen molar-refractivity contribution in [2.45, 2.75) is 25.8 Å². The van der Waals surface area contributed by atoms with E-state index in [1.54, 1.807) is 19.0 Å². The smallest absolute Gasteiger partial charge is 0.326 e. The molecule has 0 unspecified atom stereocenters. The van der Waals surface area contributed by atoms with Crippen LogP contribution in [-0.4, -0.2) is 60.2 Å². The minimum Gasteiger partial charge on any atom is -0.480 e. The second-order valence-corrected chi connectivity index (χ2v) is 4.42. The van der Waals surface area contributed by atoms with Crippen molar-refractivity contribution in [2.75, 3.05) is 27.2 Å². The molecule has 1 rings (SSSR count). The zero-order valence-electron chi connectivity index (χ0n) is 10.5. The molecule has 0 radical (unpaired) electrons. The normalized spacial score (nSPS) is 21.9. The molecule has 1 saturated heterocycles. The van der Waals surface area contributed by atoms with Gasteiger partial charge in [0.25, 0.3) is 0 Å². The Hall–Kier alpha value is -1.14. The summed E-state index contributed by atoms with van der Waals surface area (Å²) in [7, 11) is 3.27. The summed E-state index contributed by atoms with van der Waals surface area (Å²) in [6.45, 7) is 2.78. The fourth-order valence-corrected chi connectivity index (χ4v) is 2.11. The lowest BCUT2D eigenvalue weighted by atomic mass is 10.1. The highest BCUT2D eigenvalue weighted by Gasteiger charge is 2.35. The molecule has 0 spiro atoms. The molecule has 1 amide bonds. The first-order chi connectivity index (χ1) is 7.97. The Morgan fingerprint density at radius 3 is 2.76 bits per heavy atom. The van der Waals surface area contributed by atoms with E-state index in [0.29, 0.717) is 19.5 Å². The topological polar surface area (TPSA) is 70.1 Å². The van der Waals surface area contributed by atoms with Crippen molar-refractivity contribution < 1.29 is 19.5 Å². The van der Waals surface area contributed by atoms with Crippen LogP contribution >= 0.6 is 0 Å². The maximum Gasteiger partial charge on any atom is 0.326 e. The molecule has 1 aliphatic rings. The third kappa shape index (κ3) is 3.41. The van der Waals surface area contributed by atoms with Crippen molar-refractivity contribution in [1.82, 2.24) is 9.96 Å². The minimum absolute atomic E-state index is 0.112. The van der Waals surface area contributed by atoms with Crippen LogP contribution in [0.3, 0.4) is 0 Å². The van der Waals surface area contributed by atoms with Gasteiger partial charge in [0.1, 0.15) is 6.04 Å². The molecule has 17 heavy (non-hydrogen) atoms. The van der Waals surface area contributed by atoms with Gasteiger partial charge in [0.2, 0.25) is 5.91 Å². The average molecular weight is 244 g/mol. The van der Waals surface area contributed by atoms with Crippen LogP contribution in [0, 0.1) is 5.92 Å². The summed E-state index contributed by atoms with van der Waals surface area (Å²) in [4.78, 5) is 29.5. The molecule has 1 fully saturated rings. The Balaban J connectivity index is 2.59. The van der Waals surface area contributed by atoms with E-state index >= 15 is 0 Å². The van der Waals surface area contributed by atoms with E-state index in [9.17, 15) is 9.59 Å². The van der Waals surface area contributed by atoms with E-state index in [1.807, 2.05) is 0 Å². The van der Waals surface area contributed by atoms with E-state index in [4.69, 9.17) is 9.94 Å². The quantitative estimate of drug-likeness (QED) is 0.699. The van der Waals surface area contributed by atoms with Gasteiger partial charge in [-0.2, -0.15) is 5.06 Å². The summed E-state index contributed by atoms with van der Waals surface area (Å²) in [6, 6.07) is -0.655. The SMILES string of the molecule is CON(C)C[C@@H](C)C(=O)N1CCC[C@@H]1C(=O)O. The van der Waals surface area contributed by atoms with Gasteiger partial charge in [-0.1, -0.05) is 6.92 Å². The number of hydroxylamine groups is 2. The Bertz CT molecular complexity index is 295. The Morgan fingerprint density at radius 1 is 1.59 bits per heavy atom. The second-order valence-electron chi connectivity index (χ2n) is 4.42. The Morgan fingerprint density at radius 2 is 2.24 bits per heavy atom. The third-order valence-corrected chi connectivity index (χ3v) is 3.09. The summed E-state index contributed by atoms with van der Waals surface area (Å²) in [5.74, 6) is -1.29. The van der Waals surface area contributed by atoms with Gasteiger partial charge in [0.05, 0.1) is 13.0 Å². The van der Waals surface area contributed by atoms with Crippen LogP contribution in [0.5, 0.6) is 0 Å². The third-order valence-electron chi connectivity index (χ3n) is 3.09. The van der Waals surface area contributed by atoms with E-state index in [-0.39, 0.29) is 11.8 Å². The fraction of sp³-hybridized carbons (Fsp3) is 0.818. The van der Waals surface area contributed by atoms with Crippen LogP contribution in [0.4, 0.5) is 0 Å². The average Bonchev–Trinajstić information content (AvgIpc) is 2.76. The summed E-state index contributed by atoms with van der Waals surface area (Å²) in [5, 5.41) is 10.6. The van der Waals surface area contributed by atoms with Crippen LogP contribution < -0.4 is 0 Å². The molecule has 0 aromatic heterocycles. The van der Waals surface area contributed by atoms with Crippen molar-refractivity contribution in [1.29, 1.82) is 0 Å². The predicted molar refractivity (Wildman–Crippen MR) is 61.2 cm³/mol. The molecule has 1 heterocycles. The molecular weight excluding hydrogens is 224 g/mol. The summed E-state index contributed by atoms with van der Waals surface area (Å²) in [5.41, 5.74) is 0. The van der Waals surface area contributed by atoms with Crippen molar-refractivity contribution in [2.24, 2.45) is 5.92 Å². The van der Waals surface area contributed by atoms with Gasteiger partial charge in [0, 0.05) is 20.1 Å². The van der Waals surface area contributed by atoms with E-state index in [1.165, 1.54) is 12.0 Å². The number of aliphatic carboxylic acids is 1. The van der Waals surface area contributed by atoms with Crippen LogP contribution in [0.15, 0.2) is 0 Å². The number of hydrogen-bond acceptors (Lipinski definition) is 4. The lowest BCUT2D eigenvalue weighted by Crippen LogP contribution is -2.45. The van der Waals surface area contributed by atoms with Crippen LogP contribution in [-0.2, 0) is 14.4 Å². The first-order valence-electron chi connectivity index (χ1n) is 5.76. The number of likely N-dealkylation sites (tertiary alicyclic amines) is 1. The van der Waals surface area contributed by atoms with E-state index in [2.05, 4.69) is 0 Å². The standard InChI is InChI=1S/C11H20N2O4/c1-8(7-12(2)17-3)10(14)13-6-4-5-9(13)11(15)16/h8-9H,4-7H2,1-3H3,(H,15,16)/t8-,9-/m1/s1. The highest BCUT2D eigenvalue weighted by Crippen LogP contribution is 2.20. The molecule has 0 bridgehead atoms. The van der Waals surface area contributed by atoms with Crippen LogP contribution in [0.1, 0.15) is 19.8 Å².